The molecule has 0 aromatic carbocycles. The first kappa shape index (κ1) is 15.7. The Hall–Kier alpha value is -2.70. The molecular formula is C15H19N5O2. The van der Waals surface area contributed by atoms with Crippen molar-refractivity contribution in [3.8, 4) is 0 Å². The number of allylic oxidation sites excluding steroid dienone is 1. The third-order valence-electron chi connectivity index (χ3n) is 3.03. The highest BCUT2D eigenvalue weighted by molar-refractivity contribution is 5.95. The van der Waals surface area contributed by atoms with Crippen molar-refractivity contribution in [1.82, 2.24) is 14.6 Å². The first-order valence-electron chi connectivity index (χ1n) is 6.80. The fourth-order valence-electron chi connectivity index (χ4n) is 2.02. The summed E-state index contributed by atoms with van der Waals surface area (Å²) in [6.45, 7) is 6.39. The molecule has 0 unspecified atom stereocenters. The van der Waals surface area contributed by atoms with Gasteiger partial charge in [-0.15, -0.1) is 0 Å². The molecule has 2 aromatic heterocycles. The van der Waals surface area contributed by atoms with Gasteiger partial charge in [-0.3, -0.25) is 4.99 Å². The summed E-state index contributed by atoms with van der Waals surface area (Å²) in [5.41, 5.74) is 9.97. The Morgan fingerprint density at radius 3 is 2.55 bits per heavy atom. The number of hydrogen-bond acceptors (Lipinski definition) is 6. The van der Waals surface area contributed by atoms with Gasteiger partial charge >= 0.3 is 5.97 Å². The summed E-state index contributed by atoms with van der Waals surface area (Å²) in [4.78, 5) is 19.5. The van der Waals surface area contributed by atoms with Crippen LogP contribution in [-0.4, -0.2) is 39.9 Å². The van der Waals surface area contributed by atoms with E-state index in [-0.39, 0.29) is 0 Å². The summed E-state index contributed by atoms with van der Waals surface area (Å²) in [6, 6.07) is 3.48. The van der Waals surface area contributed by atoms with E-state index in [4.69, 9.17) is 5.73 Å². The molecule has 0 fully saturated rings. The van der Waals surface area contributed by atoms with Crippen LogP contribution in [0.3, 0.4) is 0 Å². The number of aliphatic imine (C=N–C) groups is 1. The van der Waals surface area contributed by atoms with Crippen LogP contribution in [-0.2, 0) is 4.74 Å². The highest BCUT2D eigenvalue weighted by Gasteiger charge is 2.11. The molecule has 0 spiro atoms. The van der Waals surface area contributed by atoms with Gasteiger partial charge in [-0.1, -0.05) is 0 Å². The quantitative estimate of drug-likeness (QED) is 0.804. The van der Waals surface area contributed by atoms with Gasteiger partial charge in [0.05, 0.1) is 19.3 Å². The van der Waals surface area contributed by atoms with Crippen molar-refractivity contribution in [2.45, 2.75) is 20.8 Å². The molecule has 0 aliphatic carbocycles. The van der Waals surface area contributed by atoms with E-state index < -0.39 is 5.97 Å². The number of aryl methyl sites for hydroxylation is 2. The van der Waals surface area contributed by atoms with Gasteiger partial charge in [-0.25, -0.2) is 14.3 Å². The summed E-state index contributed by atoms with van der Waals surface area (Å²) in [7, 11) is 1.34. The second-order valence-corrected chi connectivity index (χ2v) is 5.01. The zero-order valence-corrected chi connectivity index (χ0v) is 13.1. The van der Waals surface area contributed by atoms with E-state index >= 15 is 0 Å². The lowest BCUT2D eigenvalue weighted by Gasteiger charge is -2.02. The van der Waals surface area contributed by atoms with E-state index in [2.05, 4.69) is 19.8 Å². The molecule has 0 atom stereocenters. The molecule has 7 nitrogen and oxygen atoms in total. The molecule has 0 bridgehead atoms. The van der Waals surface area contributed by atoms with Crippen molar-refractivity contribution in [2.24, 2.45) is 10.7 Å². The number of nitrogens with two attached hydrogens (primary N) is 1. The maximum atomic E-state index is 11.3. The maximum Gasteiger partial charge on any atom is 0.356 e. The van der Waals surface area contributed by atoms with Crippen LogP contribution < -0.4 is 5.73 Å². The van der Waals surface area contributed by atoms with E-state index in [1.165, 1.54) is 7.11 Å². The minimum atomic E-state index is -0.431. The number of esters is 1. The molecule has 3 heterocycles. The first-order valence-corrected chi connectivity index (χ1v) is 6.80. The van der Waals surface area contributed by atoms with E-state index in [0.29, 0.717) is 17.9 Å². The second-order valence-electron chi connectivity index (χ2n) is 5.01. The molecule has 0 saturated heterocycles. The van der Waals surface area contributed by atoms with Gasteiger partial charge in [-0.2, -0.15) is 5.10 Å². The zero-order valence-electron chi connectivity index (χ0n) is 13.1. The number of carbonyl (C=O) groups excluding carboxylic acids is 1. The molecule has 0 radical (unpaired) electrons. The number of rotatable bonds is 1. The number of aromatic nitrogens is 3. The van der Waals surface area contributed by atoms with E-state index in [1.54, 1.807) is 10.6 Å². The number of methoxy groups -OCH3 is 1. The summed E-state index contributed by atoms with van der Waals surface area (Å²) < 4.78 is 6.31. The Kier molecular flexibility index (Phi) is 4.55. The Morgan fingerprint density at radius 1 is 1.32 bits per heavy atom. The van der Waals surface area contributed by atoms with Crippen LogP contribution in [0, 0.1) is 13.8 Å². The molecular weight excluding hydrogens is 282 g/mol. The van der Waals surface area contributed by atoms with E-state index in [0.717, 1.165) is 22.8 Å². The molecule has 1 aliphatic rings. The number of ether oxygens (including phenoxy) is 1. The van der Waals surface area contributed by atoms with Crippen LogP contribution in [0.5, 0.6) is 0 Å². The highest BCUT2D eigenvalue weighted by Crippen LogP contribution is 2.09. The average molecular weight is 301 g/mol. The average Bonchev–Trinajstić information content (AvgIpc) is 3.03. The van der Waals surface area contributed by atoms with Gasteiger partial charge < -0.3 is 10.5 Å². The monoisotopic (exact) mass is 301 g/mol. The number of nitrogens with zero attached hydrogens (tertiary/aromatic N) is 4. The largest absolute Gasteiger partial charge is 0.464 e. The third-order valence-corrected chi connectivity index (χ3v) is 3.03. The minimum absolute atomic E-state index is 0.308. The van der Waals surface area contributed by atoms with Gasteiger partial charge in [0, 0.05) is 23.2 Å². The smallest absolute Gasteiger partial charge is 0.356 e. The van der Waals surface area contributed by atoms with Crippen LogP contribution in [0.25, 0.3) is 5.65 Å². The SMILES string of the molecule is CC1=NCC(N)=C1.COC(=O)c1cc(C)n2nc(C)cc2n1. The standard InChI is InChI=1S/C10H11N3O2.C5H8N2/c1-6-4-9-11-8(10(14)15-3)5-7(2)13(9)12-6;1-4-2-5(6)3-7-4/h4-5H,1-3H3;2H,3,6H2,1H3. The van der Waals surface area contributed by atoms with Gasteiger partial charge in [0.25, 0.3) is 0 Å². The molecule has 1 aliphatic heterocycles. The molecule has 7 heteroatoms. The molecule has 22 heavy (non-hydrogen) atoms. The fourth-order valence-corrected chi connectivity index (χ4v) is 2.02. The van der Waals surface area contributed by atoms with Gasteiger partial charge in [0.15, 0.2) is 11.3 Å². The zero-order chi connectivity index (χ0) is 16.3. The molecule has 2 N–H and O–H groups in total. The molecule has 2 aromatic rings. The fraction of sp³-hybridized carbons (Fsp3) is 0.333. The third kappa shape index (κ3) is 3.49. The lowest BCUT2D eigenvalue weighted by molar-refractivity contribution is 0.0594. The Morgan fingerprint density at radius 2 is 2.05 bits per heavy atom. The van der Waals surface area contributed by atoms with Crippen molar-refractivity contribution in [1.29, 1.82) is 0 Å². The molecule has 3 rings (SSSR count). The summed E-state index contributed by atoms with van der Waals surface area (Å²) >= 11 is 0. The Bertz CT molecular complexity index is 774. The lowest BCUT2D eigenvalue weighted by atomic mass is 10.3. The summed E-state index contributed by atoms with van der Waals surface area (Å²) in [5, 5.41) is 4.24. The maximum absolute atomic E-state index is 11.3. The summed E-state index contributed by atoms with van der Waals surface area (Å²) in [6.07, 6.45) is 1.89. The highest BCUT2D eigenvalue weighted by atomic mass is 16.5. The Labute approximate surface area is 128 Å². The van der Waals surface area contributed by atoms with Gasteiger partial charge in [0.2, 0.25) is 0 Å². The van der Waals surface area contributed by atoms with Crippen LogP contribution in [0.2, 0.25) is 0 Å². The van der Waals surface area contributed by atoms with Crippen LogP contribution in [0.1, 0.15) is 28.8 Å². The predicted molar refractivity (Wildman–Crippen MR) is 84.0 cm³/mol. The second kappa shape index (κ2) is 6.38. The van der Waals surface area contributed by atoms with Crippen molar-refractivity contribution in [3.63, 3.8) is 0 Å². The minimum Gasteiger partial charge on any atom is -0.464 e. The van der Waals surface area contributed by atoms with E-state index in [1.807, 2.05) is 32.9 Å². The van der Waals surface area contributed by atoms with Crippen molar-refractivity contribution in [2.75, 3.05) is 13.7 Å². The van der Waals surface area contributed by atoms with Crippen molar-refractivity contribution in [3.05, 3.63) is 41.0 Å². The van der Waals surface area contributed by atoms with Crippen molar-refractivity contribution < 1.29 is 9.53 Å². The molecule has 0 amide bonds. The number of hydrogen-bond donors (Lipinski definition) is 1. The number of fused-ring (bicyclic) bond motifs is 1. The lowest BCUT2D eigenvalue weighted by Crippen LogP contribution is -2.07. The van der Waals surface area contributed by atoms with E-state index in [9.17, 15) is 4.79 Å². The number of carbonyl (C=O) groups is 1. The topological polar surface area (TPSA) is 94.9 Å². The predicted octanol–water partition coefficient (Wildman–Crippen LogP) is 1.44. The molecule has 0 saturated carbocycles. The van der Waals surface area contributed by atoms with Gasteiger partial charge in [0.1, 0.15) is 0 Å². The first-order chi connectivity index (χ1) is 10.4. The normalized spacial score (nSPS) is 13.3. The van der Waals surface area contributed by atoms with Crippen LogP contribution >= 0.6 is 0 Å². The van der Waals surface area contributed by atoms with Crippen LogP contribution in [0.4, 0.5) is 0 Å². The summed E-state index contributed by atoms with van der Waals surface area (Å²) in [5.74, 6) is -0.431. The molecule has 116 valence electrons. The van der Waals surface area contributed by atoms with Gasteiger partial charge in [-0.05, 0) is 32.9 Å². The Balaban J connectivity index is 0.000000211. The van der Waals surface area contributed by atoms with Crippen LogP contribution in [0.15, 0.2) is 28.9 Å². The van der Waals surface area contributed by atoms with Crippen molar-refractivity contribution >= 4 is 17.3 Å².